The minimum atomic E-state index is 0.0847. The lowest BCUT2D eigenvalue weighted by atomic mass is 9.99. The number of hydrogen-bond donors (Lipinski definition) is 2. The Balaban J connectivity index is 2.52. The van der Waals surface area contributed by atoms with Gasteiger partial charge in [0, 0.05) is 13.0 Å². The van der Waals surface area contributed by atoms with Gasteiger partial charge in [-0.3, -0.25) is 4.79 Å². The molecule has 0 heterocycles. The normalized spacial score (nSPS) is 10.4. The number of carbonyl (C=O) groups is 1. The van der Waals surface area contributed by atoms with E-state index in [0.717, 1.165) is 6.42 Å². The summed E-state index contributed by atoms with van der Waals surface area (Å²) < 4.78 is 0. The molecule has 0 saturated carbocycles. The van der Waals surface area contributed by atoms with Crippen molar-refractivity contribution in [3.05, 3.63) is 34.4 Å². The van der Waals surface area contributed by atoms with Gasteiger partial charge in [-0.15, -0.1) is 0 Å². The number of carbonyl (C=O) groups excluding carboxylic acids is 1. The second-order valence-electron chi connectivity index (χ2n) is 4.44. The number of aryl methyl sites for hydroxylation is 3. The summed E-state index contributed by atoms with van der Waals surface area (Å²) in [5.41, 5.74) is 5.26. The molecule has 0 aromatic heterocycles. The van der Waals surface area contributed by atoms with Gasteiger partial charge in [-0.25, -0.2) is 0 Å². The smallest absolute Gasteiger partial charge is 0.220 e. The van der Waals surface area contributed by atoms with Crippen molar-refractivity contribution in [2.24, 2.45) is 0 Å². The third-order valence-corrected chi connectivity index (χ3v) is 3.23. The first-order chi connectivity index (χ1) is 8.04. The molecular formula is C14H21NOS. The summed E-state index contributed by atoms with van der Waals surface area (Å²) in [7, 11) is 0. The van der Waals surface area contributed by atoms with Gasteiger partial charge in [0.15, 0.2) is 0 Å². The Bertz CT molecular complexity index is 401. The van der Waals surface area contributed by atoms with E-state index in [4.69, 9.17) is 0 Å². The molecule has 2 nitrogen and oxygen atoms in total. The van der Waals surface area contributed by atoms with Crippen LogP contribution in [0.5, 0.6) is 0 Å². The van der Waals surface area contributed by atoms with E-state index < -0.39 is 0 Å². The lowest BCUT2D eigenvalue weighted by molar-refractivity contribution is -0.120. The Labute approximate surface area is 109 Å². The molecule has 0 aliphatic heterocycles. The van der Waals surface area contributed by atoms with Crippen molar-refractivity contribution >= 4 is 18.5 Å². The summed E-state index contributed by atoms with van der Waals surface area (Å²) in [4.78, 5) is 11.3. The van der Waals surface area contributed by atoms with E-state index in [1.54, 1.807) is 0 Å². The first-order valence-electron chi connectivity index (χ1n) is 5.99. The summed E-state index contributed by atoms with van der Waals surface area (Å²) in [6.07, 6.45) is 1.39. The van der Waals surface area contributed by atoms with Gasteiger partial charge in [-0.05, 0) is 55.2 Å². The largest absolute Gasteiger partial charge is 0.356 e. The molecule has 1 rings (SSSR count). The van der Waals surface area contributed by atoms with Crippen LogP contribution in [0.3, 0.4) is 0 Å². The Kier molecular flexibility index (Phi) is 5.56. The molecule has 0 unspecified atom stereocenters. The van der Waals surface area contributed by atoms with Crippen LogP contribution in [0.25, 0.3) is 0 Å². The number of benzene rings is 1. The minimum Gasteiger partial charge on any atom is -0.356 e. The third kappa shape index (κ3) is 4.43. The standard InChI is InChI=1S/C14H21NOS/c1-10-8-12(3)13(9-11(10)2)4-6-15-14(16)5-7-17/h8-9,17H,4-7H2,1-3H3,(H,15,16). The second-order valence-corrected chi connectivity index (χ2v) is 4.88. The van der Waals surface area contributed by atoms with E-state index in [-0.39, 0.29) is 5.91 Å². The van der Waals surface area contributed by atoms with Crippen LogP contribution in [0.4, 0.5) is 0 Å². The number of hydrogen-bond acceptors (Lipinski definition) is 2. The molecule has 1 amide bonds. The van der Waals surface area contributed by atoms with Gasteiger partial charge in [0.2, 0.25) is 5.91 Å². The number of rotatable bonds is 5. The highest BCUT2D eigenvalue weighted by atomic mass is 32.1. The molecule has 1 N–H and O–H groups in total. The Hall–Kier alpha value is -0.960. The Morgan fingerprint density at radius 1 is 1.18 bits per heavy atom. The average molecular weight is 251 g/mol. The summed E-state index contributed by atoms with van der Waals surface area (Å²) in [6.45, 7) is 7.08. The molecule has 1 aromatic rings. The van der Waals surface area contributed by atoms with Gasteiger partial charge in [0.1, 0.15) is 0 Å². The van der Waals surface area contributed by atoms with Crippen LogP contribution in [0.1, 0.15) is 28.7 Å². The molecule has 0 fully saturated rings. The van der Waals surface area contributed by atoms with Crippen LogP contribution in [-0.4, -0.2) is 18.2 Å². The van der Waals surface area contributed by atoms with Crippen molar-refractivity contribution in [1.29, 1.82) is 0 Å². The van der Waals surface area contributed by atoms with Crippen LogP contribution in [-0.2, 0) is 11.2 Å². The fourth-order valence-corrected chi connectivity index (χ4v) is 2.02. The zero-order valence-corrected chi connectivity index (χ0v) is 11.7. The van der Waals surface area contributed by atoms with E-state index >= 15 is 0 Å². The van der Waals surface area contributed by atoms with Gasteiger partial charge in [-0.2, -0.15) is 12.6 Å². The fourth-order valence-electron chi connectivity index (χ4n) is 1.82. The van der Waals surface area contributed by atoms with Crippen molar-refractivity contribution in [3.8, 4) is 0 Å². The predicted molar refractivity (Wildman–Crippen MR) is 75.8 cm³/mol. The molecular weight excluding hydrogens is 230 g/mol. The summed E-state index contributed by atoms with van der Waals surface area (Å²) in [5.74, 6) is 0.690. The van der Waals surface area contributed by atoms with Gasteiger partial charge in [-0.1, -0.05) is 12.1 Å². The van der Waals surface area contributed by atoms with Crippen molar-refractivity contribution in [2.75, 3.05) is 12.3 Å². The van der Waals surface area contributed by atoms with Crippen molar-refractivity contribution in [3.63, 3.8) is 0 Å². The average Bonchev–Trinajstić information content (AvgIpc) is 2.26. The quantitative estimate of drug-likeness (QED) is 0.774. The van der Waals surface area contributed by atoms with Crippen molar-refractivity contribution in [2.45, 2.75) is 33.6 Å². The zero-order valence-electron chi connectivity index (χ0n) is 10.8. The van der Waals surface area contributed by atoms with E-state index in [2.05, 4.69) is 50.8 Å². The Morgan fingerprint density at radius 3 is 2.47 bits per heavy atom. The molecule has 17 heavy (non-hydrogen) atoms. The summed E-state index contributed by atoms with van der Waals surface area (Å²) in [6, 6.07) is 4.43. The molecule has 94 valence electrons. The van der Waals surface area contributed by atoms with Crippen LogP contribution in [0, 0.1) is 20.8 Å². The SMILES string of the molecule is Cc1cc(C)c(CCNC(=O)CCS)cc1C. The molecule has 0 bridgehead atoms. The maximum Gasteiger partial charge on any atom is 0.220 e. The molecule has 1 aromatic carbocycles. The van der Waals surface area contributed by atoms with Crippen molar-refractivity contribution in [1.82, 2.24) is 5.32 Å². The van der Waals surface area contributed by atoms with Gasteiger partial charge < -0.3 is 5.32 Å². The molecule has 0 atom stereocenters. The first-order valence-corrected chi connectivity index (χ1v) is 6.62. The van der Waals surface area contributed by atoms with E-state index in [1.165, 1.54) is 22.3 Å². The van der Waals surface area contributed by atoms with Crippen LogP contribution in [0.2, 0.25) is 0 Å². The van der Waals surface area contributed by atoms with Gasteiger partial charge >= 0.3 is 0 Å². The summed E-state index contributed by atoms with van der Waals surface area (Å²) >= 11 is 4.03. The molecule has 0 spiro atoms. The monoisotopic (exact) mass is 251 g/mol. The van der Waals surface area contributed by atoms with Crippen LogP contribution in [0.15, 0.2) is 12.1 Å². The van der Waals surface area contributed by atoms with Crippen LogP contribution < -0.4 is 5.32 Å². The highest BCUT2D eigenvalue weighted by Crippen LogP contribution is 2.15. The number of nitrogens with one attached hydrogen (secondary N) is 1. The van der Waals surface area contributed by atoms with Gasteiger partial charge in [0.05, 0.1) is 0 Å². The maximum absolute atomic E-state index is 11.3. The summed E-state index contributed by atoms with van der Waals surface area (Å²) in [5, 5.41) is 2.91. The minimum absolute atomic E-state index is 0.0847. The highest BCUT2D eigenvalue weighted by Gasteiger charge is 2.03. The Morgan fingerprint density at radius 2 is 1.82 bits per heavy atom. The third-order valence-electron chi connectivity index (χ3n) is 3.01. The molecule has 0 saturated heterocycles. The lowest BCUT2D eigenvalue weighted by Crippen LogP contribution is -2.25. The predicted octanol–water partition coefficient (Wildman–Crippen LogP) is 2.59. The van der Waals surface area contributed by atoms with E-state index in [0.29, 0.717) is 18.7 Å². The topological polar surface area (TPSA) is 29.1 Å². The second kappa shape index (κ2) is 6.70. The van der Waals surface area contributed by atoms with E-state index in [1.807, 2.05) is 0 Å². The van der Waals surface area contributed by atoms with Crippen molar-refractivity contribution < 1.29 is 4.79 Å². The molecule has 0 aliphatic rings. The van der Waals surface area contributed by atoms with Crippen LogP contribution >= 0.6 is 12.6 Å². The maximum atomic E-state index is 11.3. The highest BCUT2D eigenvalue weighted by molar-refractivity contribution is 7.80. The lowest BCUT2D eigenvalue weighted by Gasteiger charge is -2.10. The van der Waals surface area contributed by atoms with Gasteiger partial charge in [0.25, 0.3) is 0 Å². The molecule has 0 aliphatic carbocycles. The zero-order chi connectivity index (χ0) is 12.8. The molecule has 0 radical (unpaired) electrons. The molecule has 3 heteroatoms. The number of thiol groups is 1. The fraction of sp³-hybridized carbons (Fsp3) is 0.500. The number of amides is 1. The first kappa shape index (κ1) is 14.1. The van der Waals surface area contributed by atoms with E-state index in [9.17, 15) is 4.79 Å².